The van der Waals surface area contributed by atoms with E-state index in [1.54, 1.807) is 0 Å². The summed E-state index contributed by atoms with van der Waals surface area (Å²) < 4.78 is 0. The molecule has 0 radical (unpaired) electrons. The van der Waals surface area contributed by atoms with Gasteiger partial charge in [-0.25, -0.2) is 0 Å². The third kappa shape index (κ3) is 4.50. The van der Waals surface area contributed by atoms with E-state index in [0.717, 1.165) is 37.7 Å². The van der Waals surface area contributed by atoms with Gasteiger partial charge in [-0.15, -0.1) is 0 Å². The van der Waals surface area contributed by atoms with E-state index >= 15 is 0 Å². The van der Waals surface area contributed by atoms with Gasteiger partial charge in [-0.2, -0.15) is 0 Å². The number of aliphatic hydroxyl groups is 1. The fourth-order valence-electron chi connectivity index (χ4n) is 2.26. The lowest BCUT2D eigenvalue weighted by atomic mass is 9.79. The molecule has 0 aliphatic heterocycles. The Morgan fingerprint density at radius 1 is 1.47 bits per heavy atom. The van der Waals surface area contributed by atoms with Gasteiger partial charge in [0, 0.05) is 12.1 Å². The predicted octanol–water partition coefficient (Wildman–Crippen LogP) is 2.40. The quantitative estimate of drug-likeness (QED) is 0.740. The predicted molar refractivity (Wildman–Crippen MR) is 69.6 cm³/mol. The molecule has 17 heavy (non-hydrogen) atoms. The average molecular weight is 239 g/mol. The molecule has 1 saturated carbocycles. The second-order valence-corrected chi connectivity index (χ2v) is 5.38. The smallest absolute Gasteiger partial charge is 0.246 e. The van der Waals surface area contributed by atoms with Crippen LogP contribution in [0.2, 0.25) is 0 Å². The van der Waals surface area contributed by atoms with Crippen molar-refractivity contribution < 1.29 is 9.90 Å². The molecule has 3 nitrogen and oxygen atoms in total. The van der Waals surface area contributed by atoms with Crippen LogP contribution in [0.3, 0.4) is 0 Å². The van der Waals surface area contributed by atoms with E-state index in [1.165, 1.54) is 0 Å². The van der Waals surface area contributed by atoms with E-state index in [-0.39, 0.29) is 5.91 Å². The van der Waals surface area contributed by atoms with Gasteiger partial charge in [0.15, 0.2) is 0 Å². The maximum atomic E-state index is 11.7. The zero-order valence-corrected chi connectivity index (χ0v) is 11.3. The molecule has 1 fully saturated rings. The van der Waals surface area contributed by atoms with Gasteiger partial charge in [0.25, 0.3) is 0 Å². The van der Waals surface area contributed by atoms with Crippen molar-refractivity contribution in [2.75, 3.05) is 6.54 Å². The van der Waals surface area contributed by atoms with Gasteiger partial charge in [0.2, 0.25) is 5.91 Å². The lowest BCUT2D eigenvalue weighted by Gasteiger charge is -2.34. The van der Waals surface area contributed by atoms with Crippen molar-refractivity contribution in [3.05, 3.63) is 11.6 Å². The Morgan fingerprint density at radius 3 is 2.59 bits per heavy atom. The van der Waals surface area contributed by atoms with Crippen LogP contribution in [0.15, 0.2) is 11.6 Å². The summed E-state index contributed by atoms with van der Waals surface area (Å²) in [6.07, 6.45) is 6.46. The van der Waals surface area contributed by atoms with Crippen LogP contribution in [0.5, 0.6) is 0 Å². The molecule has 1 amide bonds. The third-order valence-corrected chi connectivity index (χ3v) is 3.65. The van der Waals surface area contributed by atoms with E-state index in [1.807, 2.05) is 19.9 Å². The highest BCUT2D eigenvalue weighted by Crippen LogP contribution is 2.31. The molecule has 1 rings (SSSR count). The molecule has 98 valence electrons. The summed E-state index contributed by atoms with van der Waals surface area (Å²) in [5.41, 5.74) is 0.0505. The fourth-order valence-corrected chi connectivity index (χ4v) is 2.26. The SMILES string of the molecule is CCC=C(C)C(=O)NCC1(O)CCC(C)CC1. The van der Waals surface area contributed by atoms with E-state index in [9.17, 15) is 9.90 Å². The number of hydrogen-bond donors (Lipinski definition) is 2. The van der Waals surface area contributed by atoms with Gasteiger partial charge < -0.3 is 10.4 Å². The van der Waals surface area contributed by atoms with Crippen LogP contribution in [0.1, 0.15) is 52.9 Å². The standard InChI is InChI=1S/C14H25NO2/c1-4-5-12(3)13(16)15-10-14(17)8-6-11(2)7-9-14/h5,11,17H,4,6-10H2,1-3H3,(H,15,16). The Labute approximate surface area is 104 Å². The molecule has 0 saturated heterocycles. The molecule has 0 heterocycles. The highest BCUT2D eigenvalue weighted by atomic mass is 16.3. The first-order chi connectivity index (χ1) is 7.97. The van der Waals surface area contributed by atoms with Crippen LogP contribution in [0, 0.1) is 5.92 Å². The number of allylic oxidation sites excluding steroid dienone is 1. The van der Waals surface area contributed by atoms with E-state index in [4.69, 9.17) is 0 Å². The number of rotatable bonds is 4. The monoisotopic (exact) mass is 239 g/mol. The summed E-state index contributed by atoms with van der Waals surface area (Å²) >= 11 is 0. The fraction of sp³-hybridized carbons (Fsp3) is 0.786. The van der Waals surface area contributed by atoms with E-state index in [0.29, 0.717) is 12.5 Å². The van der Waals surface area contributed by atoms with Crippen LogP contribution >= 0.6 is 0 Å². The van der Waals surface area contributed by atoms with Gasteiger partial charge in [-0.1, -0.05) is 19.9 Å². The molecular formula is C14H25NO2. The van der Waals surface area contributed by atoms with Gasteiger partial charge in [0.1, 0.15) is 0 Å². The van der Waals surface area contributed by atoms with Gasteiger partial charge in [0.05, 0.1) is 5.60 Å². The second kappa shape index (κ2) is 6.20. The van der Waals surface area contributed by atoms with Crippen molar-refractivity contribution >= 4 is 5.91 Å². The van der Waals surface area contributed by atoms with Gasteiger partial charge in [-0.05, 0) is 44.9 Å². The Morgan fingerprint density at radius 2 is 2.06 bits per heavy atom. The topological polar surface area (TPSA) is 49.3 Å². The van der Waals surface area contributed by atoms with Gasteiger partial charge in [-0.3, -0.25) is 4.79 Å². The van der Waals surface area contributed by atoms with Crippen molar-refractivity contribution in [2.45, 2.75) is 58.5 Å². The first-order valence-electron chi connectivity index (χ1n) is 6.64. The molecule has 0 aromatic heterocycles. The van der Waals surface area contributed by atoms with E-state index < -0.39 is 5.60 Å². The summed E-state index contributed by atoms with van der Waals surface area (Å²) in [5, 5.41) is 13.2. The van der Waals surface area contributed by atoms with Crippen LogP contribution in [0.4, 0.5) is 0 Å². The van der Waals surface area contributed by atoms with Crippen LogP contribution < -0.4 is 5.32 Å². The Hall–Kier alpha value is -0.830. The van der Waals surface area contributed by atoms with E-state index in [2.05, 4.69) is 12.2 Å². The number of nitrogens with one attached hydrogen (secondary N) is 1. The number of amides is 1. The van der Waals surface area contributed by atoms with Crippen molar-refractivity contribution in [3.8, 4) is 0 Å². The van der Waals surface area contributed by atoms with Crippen molar-refractivity contribution in [1.82, 2.24) is 5.32 Å². The molecule has 1 aliphatic rings. The van der Waals surface area contributed by atoms with Crippen LogP contribution in [-0.4, -0.2) is 23.2 Å². The summed E-state index contributed by atoms with van der Waals surface area (Å²) in [6, 6.07) is 0. The average Bonchev–Trinajstić information content (AvgIpc) is 2.31. The molecule has 1 aliphatic carbocycles. The first kappa shape index (κ1) is 14.2. The lowest BCUT2D eigenvalue weighted by Crippen LogP contribution is -2.45. The normalized spacial score (nSPS) is 30.1. The molecule has 0 aromatic rings. The second-order valence-electron chi connectivity index (χ2n) is 5.38. The Balaban J connectivity index is 2.40. The minimum absolute atomic E-state index is 0.0566. The molecule has 0 atom stereocenters. The molecular weight excluding hydrogens is 214 g/mol. The highest BCUT2D eigenvalue weighted by molar-refractivity contribution is 5.92. The minimum atomic E-state index is -0.686. The van der Waals surface area contributed by atoms with Crippen LogP contribution in [0.25, 0.3) is 0 Å². The molecule has 3 heteroatoms. The summed E-state index contributed by atoms with van der Waals surface area (Å²) in [5.74, 6) is 0.645. The summed E-state index contributed by atoms with van der Waals surface area (Å²) in [6.45, 7) is 6.42. The Kier molecular flexibility index (Phi) is 5.19. The maximum absolute atomic E-state index is 11.7. The Bertz CT molecular complexity index is 289. The third-order valence-electron chi connectivity index (χ3n) is 3.65. The van der Waals surface area contributed by atoms with Gasteiger partial charge >= 0.3 is 0 Å². The molecule has 0 unspecified atom stereocenters. The zero-order chi connectivity index (χ0) is 12.9. The molecule has 2 N–H and O–H groups in total. The number of hydrogen-bond acceptors (Lipinski definition) is 2. The highest BCUT2D eigenvalue weighted by Gasteiger charge is 2.31. The molecule has 0 bridgehead atoms. The number of carbonyl (C=O) groups excluding carboxylic acids is 1. The van der Waals surface area contributed by atoms with Crippen LogP contribution in [-0.2, 0) is 4.79 Å². The summed E-state index contributed by atoms with van der Waals surface area (Å²) in [4.78, 5) is 11.7. The number of carbonyl (C=O) groups is 1. The summed E-state index contributed by atoms with van der Waals surface area (Å²) in [7, 11) is 0. The zero-order valence-electron chi connectivity index (χ0n) is 11.3. The maximum Gasteiger partial charge on any atom is 0.246 e. The largest absolute Gasteiger partial charge is 0.388 e. The lowest BCUT2D eigenvalue weighted by molar-refractivity contribution is -0.119. The van der Waals surface area contributed by atoms with Crippen molar-refractivity contribution in [2.24, 2.45) is 5.92 Å². The molecule has 0 spiro atoms. The minimum Gasteiger partial charge on any atom is -0.388 e. The first-order valence-corrected chi connectivity index (χ1v) is 6.64. The molecule has 0 aromatic carbocycles. The van der Waals surface area contributed by atoms with Crippen molar-refractivity contribution in [3.63, 3.8) is 0 Å². The van der Waals surface area contributed by atoms with Crippen molar-refractivity contribution in [1.29, 1.82) is 0 Å².